The fraction of sp³-hybridized carbons (Fsp3) is 0. The fourth-order valence-corrected chi connectivity index (χ4v) is 0. The molecule has 0 atom stereocenters. The van der Waals surface area contributed by atoms with E-state index >= 15 is 0 Å². The van der Waals surface area contributed by atoms with Crippen LogP contribution in [0.25, 0.3) is 0 Å². The summed E-state index contributed by atoms with van der Waals surface area (Å²) in [5.74, 6) is 0. The molecule has 3 nitrogen and oxygen atoms in total. The second kappa shape index (κ2) is 74.1. The molecule has 0 aromatic rings. The molecule has 0 radical (unpaired) electrons. The Bertz CT molecular complexity index is 6.85. The van der Waals surface area contributed by atoms with Crippen molar-refractivity contribution < 1.29 is 54.0 Å². The molecule has 0 spiro atoms. The standard InChI is InChI=1S/Ni.3O.W/q;3*-2;+6. The van der Waals surface area contributed by atoms with Crippen molar-refractivity contribution in [3.8, 4) is 0 Å². The van der Waals surface area contributed by atoms with Crippen LogP contribution in [0.4, 0.5) is 0 Å². The van der Waals surface area contributed by atoms with Gasteiger partial charge in [-0.25, -0.2) is 0 Å². The monoisotopic (exact) mass is 290 g/mol. The Hall–Kier alpha value is 1.06. The average molecular weight is 291 g/mol. The quantitative estimate of drug-likeness (QED) is 0.546. The van der Waals surface area contributed by atoms with Crippen molar-refractivity contribution >= 4 is 0 Å². The molecule has 0 amide bonds. The van der Waals surface area contributed by atoms with Gasteiger partial charge in [0.25, 0.3) is 0 Å². The predicted molar refractivity (Wildman–Crippen MR) is 2.06 cm³/mol. The molecule has 5 heavy (non-hydrogen) atoms. The van der Waals surface area contributed by atoms with Crippen molar-refractivity contribution in [1.82, 2.24) is 0 Å². The summed E-state index contributed by atoms with van der Waals surface area (Å²) < 4.78 is 0. The van der Waals surface area contributed by atoms with Crippen molar-refractivity contribution in [2.24, 2.45) is 0 Å². The zero-order valence-corrected chi connectivity index (χ0v) is 5.87. The van der Waals surface area contributed by atoms with E-state index in [0.717, 1.165) is 0 Å². The molecule has 0 aromatic heterocycles. The van der Waals surface area contributed by atoms with Crippen LogP contribution >= 0.6 is 0 Å². The zero-order valence-electron chi connectivity index (χ0n) is 1.95. The first-order valence-corrected chi connectivity index (χ1v) is 0. The van der Waals surface area contributed by atoms with Crippen LogP contribution in [0.1, 0.15) is 0 Å². The summed E-state index contributed by atoms with van der Waals surface area (Å²) in [4.78, 5) is 0. The third kappa shape index (κ3) is 42.1. The first-order valence-electron chi connectivity index (χ1n) is 0. The van der Waals surface area contributed by atoms with E-state index in [0.29, 0.717) is 0 Å². The van der Waals surface area contributed by atoms with Crippen LogP contribution in [0.3, 0.4) is 0 Å². The van der Waals surface area contributed by atoms with Crippen molar-refractivity contribution in [3.63, 3.8) is 0 Å². The van der Waals surface area contributed by atoms with Gasteiger partial charge in [-0.05, 0) is 0 Å². The van der Waals surface area contributed by atoms with E-state index in [2.05, 4.69) is 0 Å². The Morgan fingerprint density at radius 1 is 0.600 bits per heavy atom. The predicted octanol–water partition coefficient (Wildman–Crippen LogP) is -0.361. The van der Waals surface area contributed by atoms with E-state index in [1.54, 1.807) is 0 Å². The van der Waals surface area contributed by atoms with Crippen LogP contribution in [0.2, 0.25) is 0 Å². The Morgan fingerprint density at radius 3 is 0.600 bits per heavy atom. The molecule has 0 bridgehead atoms. The van der Waals surface area contributed by atoms with Crippen molar-refractivity contribution in [3.05, 3.63) is 0 Å². The topological polar surface area (TPSA) is 85.5 Å². The summed E-state index contributed by atoms with van der Waals surface area (Å²) in [6, 6.07) is 0. The van der Waals surface area contributed by atoms with Gasteiger partial charge in [-0.1, -0.05) is 0 Å². The van der Waals surface area contributed by atoms with Crippen LogP contribution in [0.15, 0.2) is 0 Å². The Balaban J connectivity index is 0. The van der Waals surface area contributed by atoms with Crippen LogP contribution in [0, 0.1) is 0 Å². The molecule has 0 aliphatic heterocycles. The number of rotatable bonds is 0. The fourth-order valence-electron chi connectivity index (χ4n) is 0. The Labute approximate surface area is 54.2 Å². The molecular weight excluding hydrogens is 291 g/mol. The smallest absolute Gasteiger partial charge is 2.00 e. The summed E-state index contributed by atoms with van der Waals surface area (Å²) in [5.41, 5.74) is 0. The SMILES string of the molecule is [Ni].[O-2].[O-2].[O-2].[W+6]. The van der Waals surface area contributed by atoms with Crippen molar-refractivity contribution in [2.75, 3.05) is 0 Å². The second-order valence-corrected chi connectivity index (χ2v) is 0. The van der Waals surface area contributed by atoms with Crippen molar-refractivity contribution in [1.29, 1.82) is 0 Å². The summed E-state index contributed by atoms with van der Waals surface area (Å²) in [6.45, 7) is 0. The largest absolute Gasteiger partial charge is 6.00 e. The van der Waals surface area contributed by atoms with Gasteiger partial charge in [0.15, 0.2) is 0 Å². The summed E-state index contributed by atoms with van der Waals surface area (Å²) in [7, 11) is 0. The molecule has 5 heteroatoms. The van der Waals surface area contributed by atoms with Crippen LogP contribution < -0.4 is 0 Å². The van der Waals surface area contributed by atoms with Gasteiger partial charge in [-0.3, -0.25) is 0 Å². The maximum atomic E-state index is 0. The molecule has 0 saturated carbocycles. The molecule has 34 valence electrons. The van der Waals surface area contributed by atoms with E-state index in [9.17, 15) is 0 Å². The summed E-state index contributed by atoms with van der Waals surface area (Å²) >= 11 is 0. The van der Waals surface area contributed by atoms with Gasteiger partial charge in [0.2, 0.25) is 0 Å². The normalized spacial score (nSPS) is 0. The van der Waals surface area contributed by atoms with Gasteiger partial charge in [0, 0.05) is 16.5 Å². The van der Waals surface area contributed by atoms with Gasteiger partial charge in [0.1, 0.15) is 0 Å². The minimum absolute atomic E-state index is 0. The third-order valence-electron chi connectivity index (χ3n) is 0. The van der Waals surface area contributed by atoms with E-state index in [-0.39, 0.29) is 54.0 Å². The first-order chi connectivity index (χ1) is 0. The minimum atomic E-state index is 0. The maximum absolute atomic E-state index is 0. The van der Waals surface area contributed by atoms with Crippen LogP contribution in [0.5, 0.6) is 0 Å². The van der Waals surface area contributed by atoms with Crippen molar-refractivity contribution in [2.45, 2.75) is 0 Å². The van der Waals surface area contributed by atoms with Crippen LogP contribution in [-0.2, 0) is 54.0 Å². The molecular formula is NiO3W. The Kier molecular flexibility index (Phi) is 2040. The Morgan fingerprint density at radius 2 is 0.600 bits per heavy atom. The third-order valence-corrected chi connectivity index (χ3v) is 0. The average Bonchev–Trinajstić information content (AvgIpc) is 0. The molecule has 0 rings (SSSR count). The first kappa shape index (κ1) is 138. The zero-order chi connectivity index (χ0) is 0. The maximum Gasteiger partial charge on any atom is 6.00 e. The molecule has 0 aliphatic rings. The van der Waals surface area contributed by atoms with E-state index in [1.165, 1.54) is 0 Å². The van der Waals surface area contributed by atoms with Gasteiger partial charge in [-0.2, -0.15) is 0 Å². The number of hydrogen-bond donors (Lipinski definition) is 0. The van der Waals surface area contributed by atoms with E-state index < -0.39 is 0 Å². The van der Waals surface area contributed by atoms with E-state index in [1.807, 2.05) is 0 Å². The molecule has 0 saturated heterocycles. The second-order valence-electron chi connectivity index (χ2n) is 0. The minimum Gasteiger partial charge on any atom is -2.00 e. The molecule has 0 aromatic carbocycles. The van der Waals surface area contributed by atoms with Gasteiger partial charge in [-0.15, -0.1) is 0 Å². The molecule has 0 fully saturated rings. The molecule has 0 heterocycles. The van der Waals surface area contributed by atoms with E-state index in [4.69, 9.17) is 0 Å². The molecule has 0 unspecified atom stereocenters. The summed E-state index contributed by atoms with van der Waals surface area (Å²) in [6.07, 6.45) is 0. The van der Waals surface area contributed by atoms with Crippen LogP contribution in [-0.4, -0.2) is 0 Å². The summed E-state index contributed by atoms with van der Waals surface area (Å²) in [5, 5.41) is 0. The van der Waals surface area contributed by atoms with Gasteiger partial charge >= 0.3 is 21.1 Å². The molecule has 0 aliphatic carbocycles. The number of hydrogen-bond acceptors (Lipinski definition) is 0. The van der Waals surface area contributed by atoms with Gasteiger partial charge < -0.3 is 16.4 Å². The van der Waals surface area contributed by atoms with Gasteiger partial charge in [0.05, 0.1) is 0 Å². The molecule has 0 N–H and O–H groups in total.